The van der Waals surface area contributed by atoms with Gasteiger partial charge in [-0.25, -0.2) is 0 Å². The van der Waals surface area contributed by atoms with Crippen LogP contribution in [-0.2, 0) is 16.1 Å². The minimum atomic E-state index is -0.0745. The Morgan fingerprint density at radius 2 is 1.96 bits per heavy atom. The fourth-order valence-corrected chi connectivity index (χ4v) is 3.99. The van der Waals surface area contributed by atoms with Crippen LogP contribution in [0.2, 0.25) is 10.0 Å². The fourth-order valence-electron chi connectivity index (χ4n) is 2.69. The van der Waals surface area contributed by atoms with Crippen LogP contribution >= 0.6 is 35.0 Å². The van der Waals surface area contributed by atoms with Crippen molar-refractivity contribution >= 4 is 46.6 Å². The molecule has 138 valence electrons. The van der Waals surface area contributed by atoms with Gasteiger partial charge in [0.2, 0.25) is 5.91 Å². The highest BCUT2D eigenvalue weighted by molar-refractivity contribution is 8.00. The Labute approximate surface area is 167 Å². The molecule has 1 aliphatic rings. The molecule has 1 amide bonds. The van der Waals surface area contributed by atoms with Gasteiger partial charge in [-0.05, 0) is 35.9 Å². The molecule has 26 heavy (non-hydrogen) atoms. The van der Waals surface area contributed by atoms with Crippen molar-refractivity contribution in [1.29, 1.82) is 0 Å². The third kappa shape index (κ3) is 5.89. The third-order valence-electron chi connectivity index (χ3n) is 3.97. The van der Waals surface area contributed by atoms with E-state index >= 15 is 0 Å². The van der Waals surface area contributed by atoms with Crippen molar-refractivity contribution in [3.8, 4) is 0 Å². The number of nitrogens with zero attached hydrogens (tertiary/aromatic N) is 1. The Balaban J connectivity index is 1.53. The van der Waals surface area contributed by atoms with E-state index in [9.17, 15) is 4.79 Å². The van der Waals surface area contributed by atoms with Crippen LogP contribution in [0.1, 0.15) is 5.56 Å². The first-order valence-corrected chi connectivity index (χ1v) is 10.1. The van der Waals surface area contributed by atoms with Crippen LogP contribution in [0.5, 0.6) is 0 Å². The topological polar surface area (TPSA) is 41.6 Å². The molecule has 2 aromatic rings. The van der Waals surface area contributed by atoms with Crippen LogP contribution < -0.4 is 5.32 Å². The first kappa shape index (κ1) is 19.5. The van der Waals surface area contributed by atoms with E-state index in [4.69, 9.17) is 27.9 Å². The number of hydrogen-bond donors (Lipinski definition) is 1. The molecule has 0 radical (unpaired) electrons. The van der Waals surface area contributed by atoms with Crippen LogP contribution in [0, 0.1) is 0 Å². The standard InChI is InChI=1S/C19H20Cl2N2O2S/c20-15-4-5-17(21)18(11-15)26-13-19(24)22-16-3-1-2-14(10-16)12-23-6-8-25-9-7-23/h1-5,10-11H,6-9,12-13H2,(H,22,24). The molecular formula is C19H20Cl2N2O2S. The first-order chi connectivity index (χ1) is 12.6. The zero-order chi connectivity index (χ0) is 18.4. The number of rotatable bonds is 6. The average molecular weight is 411 g/mol. The number of morpholine rings is 1. The summed E-state index contributed by atoms with van der Waals surface area (Å²) >= 11 is 13.5. The van der Waals surface area contributed by atoms with E-state index in [0.29, 0.717) is 10.0 Å². The van der Waals surface area contributed by atoms with Crippen molar-refractivity contribution in [1.82, 2.24) is 4.90 Å². The summed E-state index contributed by atoms with van der Waals surface area (Å²) in [5, 5.41) is 4.15. The molecule has 1 heterocycles. The molecule has 0 atom stereocenters. The minimum Gasteiger partial charge on any atom is -0.379 e. The lowest BCUT2D eigenvalue weighted by atomic mass is 10.2. The number of hydrogen-bond acceptors (Lipinski definition) is 4. The zero-order valence-corrected chi connectivity index (χ0v) is 16.5. The minimum absolute atomic E-state index is 0.0745. The lowest BCUT2D eigenvalue weighted by Crippen LogP contribution is -2.35. The molecule has 1 aliphatic heterocycles. The molecule has 0 spiro atoms. The molecule has 0 aliphatic carbocycles. The molecule has 2 aromatic carbocycles. The highest BCUT2D eigenvalue weighted by atomic mass is 35.5. The van der Waals surface area contributed by atoms with Gasteiger partial charge < -0.3 is 10.1 Å². The van der Waals surface area contributed by atoms with Gasteiger partial charge in [-0.2, -0.15) is 0 Å². The van der Waals surface area contributed by atoms with Crippen molar-refractivity contribution in [2.24, 2.45) is 0 Å². The molecule has 0 aromatic heterocycles. The van der Waals surface area contributed by atoms with Crippen LogP contribution in [-0.4, -0.2) is 42.9 Å². The van der Waals surface area contributed by atoms with Crippen molar-refractivity contribution in [3.05, 3.63) is 58.1 Å². The molecule has 1 N–H and O–H groups in total. The van der Waals surface area contributed by atoms with E-state index in [2.05, 4.69) is 16.3 Å². The number of thioether (sulfide) groups is 1. The molecular weight excluding hydrogens is 391 g/mol. The summed E-state index contributed by atoms with van der Waals surface area (Å²) in [6, 6.07) is 13.2. The van der Waals surface area contributed by atoms with E-state index in [1.807, 2.05) is 18.2 Å². The predicted molar refractivity (Wildman–Crippen MR) is 108 cm³/mol. The molecule has 3 rings (SSSR count). The lowest BCUT2D eigenvalue weighted by molar-refractivity contribution is -0.113. The summed E-state index contributed by atoms with van der Waals surface area (Å²) in [4.78, 5) is 15.4. The Bertz CT molecular complexity index is 767. The quantitative estimate of drug-likeness (QED) is 0.708. The van der Waals surface area contributed by atoms with Crippen LogP contribution in [0.3, 0.4) is 0 Å². The monoisotopic (exact) mass is 410 g/mol. The Hall–Kier alpha value is -1.24. The zero-order valence-electron chi connectivity index (χ0n) is 14.2. The van der Waals surface area contributed by atoms with E-state index in [-0.39, 0.29) is 11.7 Å². The highest BCUT2D eigenvalue weighted by Gasteiger charge is 2.11. The van der Waals surface area contributed by atoms with Gasteiger partial charge >= 0.3 is 0 Å². The van der Waals surface area contributed by atoms with Crippen LogP contribution in [0.15, 0.2) is 47.4 Å². The number of amides is 1. The summed E-state index contributed by atoms with van der Waals surface area (Å²) in [5.74, 6) is 0.197. The largest absolute Gasteiger partial charge is 0.379 e. The summed E-state index contributed by atoms with van der Waals surface area (Å²) in [6.45, 7) is 4.29. The molecule has 0 bridgehead atoms. The summed E-state index contributed by atoms with van der Waals surface area (Å²) in [6.07, 6.45) is 0. The second-order valence-electron chi connectivity index (χ2n) is 6.00. The molecule has 4 nitrogen and oxygen atoms in total. The average Bonchev–Trinajstić information content (AvgIpc) is 2.64. The Kier molecular flexibility index (Phi) is 7.23. The molecule has 0 saturated carbocycles. The van der Waals surface area contributed by atoms with E-state index in [1.54, 1.807) is 18.2 Å². The van der Waals surface area contributed by atoms with Gasteiger partial charge in [-0.15, -0.1) is 11.8 Å². The molecule has 7 heteroatoms. The van der Waals surface area contributed by atoms with Crippen LogP contribution in [0.25, 0.3) is 0 Å². The number of carbonyl (C=O) groups is 1. The van der Waals surface area contributed by atoms with Crippen molar-refractivity contribution in [2.45, 2.75) is 11.4 Å². The predicted octanol–water partition coefficient (Wildman–Crippen LogP) is 4.56. The number of anilines is 1. The number of halogens is 2. The summed E-state index contributed by atoms with van der Waals surface area (Å²) in [7, 11) is 0. The SMILES string of the molecule is O=C(CSc1cc(Cl)ccc1Cl)Nc1cccc(CN2CCOCC2)c1. The molecule has 1 saturated heterocycles. The van der Waals surface area contributed by atoms with Gasteiger partial charge in [0.25, 0.3) is 0 Å². The van der Waals surface area contributed by atoms with Gasteiger partial charge in [-0.1, -0.05) is 35.3 Å². The lowest BCUT2D eigenvalue weighted by Gasteiger charge is -2.26. The van der Waals surface area contributed by atoms with E-state index in [1.165, 1.54) is 17.3 Å². The Morgan fingerprint density at radius 3 is 2.77 bits per heavy atom. The van der Waals surface area contributed by atoms with Gasteiger partial charge in [0.1, 0.15) is 0 Å². The number of benzene rings is 2. The number of ether oxygens (including phenoxy) is 1. The smallest absolute Gasteiger partial charge is 0.234 e. The second kappa shape index (κ2) is 9.62. The van der Waals surface area contributed by atoms with Gasteiger partial charge in [0, 0.05) is 35.2 Å². The second-order valence-corrected chi connectivity index (χ2v) is 7.86. The Morgan fingerprint density at radius 1 is 1.15 bits per heavy atom. The first-order valence-electron chi connectivity index (χ1n) is 8.37. The van der Waals surface area contributed by atoms with Gasteiger partial charge in [0.05, 0.1) is 24.0 Å². The number of nitrogens with one attached hydrogen (secondary N) is 1. The van der Waals surface area contributed by atoms with Gasteiger partial charge in [0.15, 0.2) is 0 Å². The van der Waals surface area contributed by atoms with Gasteiger partial charge in [-0.3, -0.25) is 9.69 Å². The van der Waals surface area contributed by atoms with Crippen molar-refractivity contribution in [2.75, 3.05) is 37.4 Å². The normalized spacial score (nSPS) is 15.0. The van der Waals surface area contributed by atoms with E-state index in [0.717, 1.165) is 43.4 Å². The maximum atomic E-state index is 12.2. The molecule has 1 fully saturated rings. The summed E-state index contributed by atoms with van der Waals surface area (Å²) < 4.78 is 5.37. The maximum Gasteiger partial charge on any atom is 0.234 e. The maximum absolute atomic E-state index is 12.2. The van der Waals surface area contributed by atoms with Crippen molar-refractivity contribution in [3.63, 3.8) is 0 Å². The van der Waals surface area contributed by atoms with Crippen LogP contribution in [0.4, 0.5) is 5.69 Å². The fraction of sp³-hybridized carbons (Fsp3) is 0.316. The van der Waals surface area contributed by atoms with Crippen molar-refractivity contribution < 1.29 is 9.53 Å². The highest BCUT2D eigenvalue weighted by Crippen LogP contribution is 2.29. The number of carbonyl (C=O) groups excluding carboxylic acids is 1. The summed E-state index contributed by atoms with van der Waals surface area (Å²) in [5.41, 5.74) is 1.98. The third-order valence-corrected chi connectivity index (χ3v) is 5.70. The van der Waals surface area contributed by atoms with E-state index < -0.39 is 0 Å². The molecule has 0 unspecified atom stereocenters.